The number of aromatic nitrogens is 1. The molecule has 0 saturated carbocycles. The number of carboxylic acids is 1. The third-order valence-electron chi connectivity index (χ3n) is 6.02. The van der Waals surface area contributed by atoms with Gasteiger partial charge in [-0.05, 0) is 53.8 Å². The van der Waals surface area contributed by atoms with Crippen LogP contribution in [-0.4, -0.2) is 46.8 Å². The van der Waals surface area contributed by atoms with E-state index in [0.717, 1.165) is 11.1 Å². The highest BCUT2D eigenvalue weighted by molar-refractivity contribution is 7.22. The van der Waals surface area contributed by atoms with Crippen LogP contribution in [0.4, 0.5) is 9.52 Å². The summed E-state index contributed by atoms with van der Waals surface area (Å²) >= 11 is 1.20. The lowest BCUT2D eigenvalue weighted by atomic mass is 9.82. The summed E-state index contributed by atoms with van der Waals surface area (Å²) in [5.74, 6) is -2.01. The van der Waals surface area contributed by atoms with Crippen LogP contribution in [0.15, 0.2) is 66.8 Å². The number of ether oxygens (including phenoxy) is 1. The largest absolute Gasteiger partial charge is 0.480 e. The molecule has 0 spiro atoms. The molecule has 0 bridgehead atoms. The number of nitrogens with one attached hydrogen (secondary N) is 2. The molecule has 2 unspecified atom stereocenters. The Hall–Kier alpha value is -3.56. The number of thiazole rings is 1. The molecule has 36 heavy (non-hydrogen) atoms. The van der Waals surface area contributed by atoms with Crippen LogP contribution in [0.25, 0.3) is 15.8 Å². The van der Waals surface area contributed by atoms with Gasteiger partial charge in [0.25, 0.3) is 5.91 Å². The van der Waals surface area contributed by atoms with Gasteiger partial charge in [0.2, 0.25) is 0 Å². The van der Waals surface area contributed by atoms with Gasteiger partial charge in [-0.25, -0.2) is 14.2 Å². The Kier molecular flexibility index (Phi) is 7.51. The molecule has 1 aromatic heterocycles. The fourth-order valence-corrected chi connectivity index (χ4v) is 5.18. The number of nitrogens with zero attached hydrogens (tertiary/aromatic N) is 1. The van der Waals surface area contributed by atoms with E-state index in [1.54, 1.807) is 12.1 Å². The molecule has 9 heteroatoms. The zero-order valence-corrected chi connectivity index (χ0v) is 21.0. The minimum atomic E-state index is -1.50. The van der Waals surface area contributed by atoms with E-state index in [4.69, 9.17) is 4.74 Å². The minimum Gasteiger partial charge on any atom is -0.480 e. The van der Waals surface area contributed by atoms with Crippen LogP contribution in [0.5, 0.6) is 0 Å². The van der Waals surface area contributed by atoms with Crippen LogP contribution in [0.2, 0.25) is 0 Å². The van der Waals surface area contributed by atoms with E-state index in [0.29, 0.717) is 15.3 Å². The predicted octanol–water partition coefficient (Wildman–Crippen LogP) is 4.87. The summed E-state index contributed by atoms with van der Waals surface area (Å²) in [5, 5.41) is 16.0. The van der Waals surface area contributed by atoms with Crippen molar-refractivity contribution < 1.29 is 23.8 Å². The lowest BCUT2D eigenvalue weighted by Crippen LogP contribution is -2.62. The van der Waals surface area contributed by atoms with Gasteiger partial charge in [0, 0.05) is 7.11 Å². The van der Waals surface area contributed by atoms with Gasteiger partial charge in [-0.2, -0.15) is 0 Å². The molecular weight excluding hydrogens is 481 g/mol. The standard InChI is InChI=1S/C27H28FN3O4S/c1-16(2)13-21(24(32)33)29-25(34)27(31-26-30-20-10-9-19(28)15-22(20)36-26)12-11-18(14-23(27)35-3)17-7-5-4-6-8-17/h4-12,14-16,21,23H,13H2,1-3H3,(H,29,34)(H,30,31)(H,32,33)/t21-,23?,27?/m0/s1. The van der Waals surface area contributed by atoms with Gasteiger partial charge in [-0.3, -0.25) is 4.79 Å². The van der Waals surface area contributed by atoms with E-state index < -0.39 is 29.6 Å². The molecule has 0 radical (unpaired) electrons. The summed E-state index contributed by atoms with van der Waals surface area (Å²) in [6, 6.07) is 12.9. The third kappa shape index (κ3) is 5.32. The highest BCUT2D eigenvalue weighted by Gasteiger charge is 2.47. The summed E-state index contributed by atoms with van der Waals surface area (Å²) in [6.45, 7) is 3.79. The quantitative estimate of drug-likeness (QED) is 0.381. The Morgan fingerprint density at radius 3 is 2.64 bits per heavy atom. The van der Waals surface area contributed by atoms with Gasteiger partial charge in [-0.15, -0.1) is 0 Å². The van der Waals surface area contributed by atoms with Gasteiger partial charge in [-0.1, -0.05) is 61.6 Å². The molecule has 7 nitrogen and oxygen atoms in total. The number of halogens is 1. The van der Waals surface area contributed by atoms with Crippen molar-refractivity contribution in [2.45, 2.75) is 38.0 Å². The van der Waals surface area contributed by atoms with E-state index in [1.807, 2.05) is 56.3 Å². The first kappa shape index (κ1) is 25.5. The summed E-state index contributed by atoms with van der Waals surface area (Å²) in [5.41, 5.74) is 0.890. The number of carbonyl (C=O) groups is 2. The lowest BCUT2D eigenvalue weighted by molar-refractivity contribution is -0.143. The second kappa shape index (κ2) is 10.6. The number of rotatable bonds is 9. The van der Waals surface area contributed by atoms with Gasteiger partial charge in [0.05, 0.1) is 10.2 Å². The Morgan fingerprint density at radius 2 is 1.97 bits per heavy atom. The van der Waals surface area contributed by atoms with Crippen LogP contribution in [0, 0.1) is 11.7 Å². The van der Waals surface area contributed by atoms with E-state index in [2.05, 4.69) is 15.6 Å². The molecule has 188 valence electrons. The smallest absolute Gasteiger partial charge is 0.326 e. The molecule has 1 aliphatic carbocycles. The monoisotopic (exact) mass is 509 g/mol. The van der Waals surface area contributed by atoms with Crippen molar-refractivity contribution in [1.82, 2.24) is 10.3 Å². The first-order chi connectivity index (χ1) is 17.2. The van der Waals surface area contributed by atoms with Crippen molar-refractivity contribution in [1.29, 1.82) is 0 Å². The van der Waals surface area contributed by atoms with Crippen LogP contribution >= 0.6 is 11.3 Å². The Morgan fingerprint density at radius 1 is 1.22 bits per heavy atom. The number of hydrogen-bond acceptors (Lipinski definition) is 6. The second-order valence-electron chi connectivity index (χ2n) is 9.10. The maximum absolute atomic E-state index is 13.8. The number of hydrogen-bond donors (Lipinski definition) is 3. The SMILES string of the molecule is COC1C=C(c2ccccc2)C=CC1(Nc1nc2ccc(F)cc2s1)C(=O)N[C@@H](CC(C)C)C(=O)O. The highest BCUT2D eigenvalue weighted by Crippen LogP contribution is 2.35. The molecule has 3 atom stereocenters. The van der Waals surface area contributed by atoms with Crippen molar-refractivity contribution >= 4 is 44.1 Å². The molecular formula is C27H28FN3O4S. The molecule has 0 aliphatic heterocycles. The van der Waals surface area contributed by atoms with Crippen LogP contribution < -0.4 is 10.6 Å². The van der Waals surface area contributed by atoms with Crippen LogP contribution in [-0.2, 0) is 14.3 Å². The third-order valence-corrected chi connectivity index (χ3v) is 6.95. The topological polar surface area (TPSA) is 101 Å². The number of aliphatic carboxylic acids is 1. The molecule has 1 aliphatic rings. The summed E-state index contributed by atoms with van der Waals surface area (Å²) in [6.07, 6.45) is 4.79. The Labute approximate surface area is 212 Å². The molecule has 2 aromatic carbocycles. The van der Waals surface area contributed by atoms with Crippen molar-refractivity contribution in [3.05, 3.63) is 78.1 Å². The van der Waals surface area contributed by atoms with E-state index in [1.165, 1.54) is 30.6 Å². The molecule has 0 fully saturated rings. The summed E-state index contributed by atoms with van der Waals surface area (Å²) in [4.78, 5) is 30.3. The number of carbonyl (C=O) groups excluding carboxylic acids is 1. The number of allylic oxidation sites excluding steroid dienone is 2. The van der Waals surface area contributed by atoms with E-state index in [9.17, 15) is 19.1 Å². The summed E-state index contributed by atoms with van der Waals surface area (Å²) < 4.78 is 20.2. The lowest BCUT2D eigenvalue weighted by Gasteiger charge is -2.38. The van der Waals surface area contributed by atoms with Gasteiger partial charge in [0.15, 0.2) is 10.7 Å². The second-order valence-corrected chi connectivity index (χ2v) is 10.1. The van der Waals surface area contributed by atoms with Crippen molar-refractivity contribution in [2.24, 2.45) is 5.92 Å². The predicted molar refractivity (Wildman–Crippen MR) is 139 cm³/mol. The number of methoxy groups -OCH3 is 1. The summed E-state index contributed by atoms with van der Waals surface area (Å²) in [7, 11) is 1.49. The van der Waals surface area contributed by atoms with Gasteiger partial charge >= 0.3 is 5.97 Å². The molecule has 1 heterocycles. The number of amides is 1. The van der Waals surface area contributed by atoms with Crippen LogP contribution in [0.3, 0.4) is 0 Å². The number of anilines is 1. The van der Waals surface area contributed by atoms with Crippen molar-refractivity contribution in [3.63, 3.8) is 0 Å². The highest BCUT2D eigenvalue weighted by atomic mass is 32.1. The molecule has 0 saturated heterocycles. The number of benzene rings is 2. The van der Waals surface area contributed by atoms with E-state index in [-0.39, 0.29) is 18.2 Å². The van der Waals surface area contributed by atoms with E-state index >= 15 is 0 Å². The van der Waals surface area contributed by atoms with Gasteiger partial charge < -0.3 is 20.5 Å². The van der Waals surface area contributed by atoms with Crippen molar-refractivity contribution in [2.75, 3.05) is 12.4 Å². The normalized spacial score (nSPS) is 20.2. The number of fused-ring (bicyclic) bond motifs is 1. The van der Waals surface area contributed by atoms with Crippen LogP contribution in [0.1, 0.15) is 25.8 Å². The Balaban J connectivity index is 1.75. The van der Waals surface area contributed by atoms with Gasteiger partial charge in [0.1, 0.15) is 18.0 Å². The molecule has 3 N–H and O–H groups in total. The fourth-order valence-electron chi connectivity index (χ4n) is 4.22. The first-order valence-corrected chi connectivity index (χ1v) is 12.4. The molecule has 1 amide bonds. The van der Waals surface area contributed by atoms with Crippen molar-refractivity contribution in [3.8, 4) is 0 Å². The first-order valence-electron chi connectivity index (χ1n) is 11.6. The average Bonchev–Trinajstić information content (AvgIpc) is 3.25. The average molecular weight is 510 g/mol. The maximum atomic E-state index is 13.8. The molecule has 3 aromatic rings. The molecule has 4 rings (SSSR count). The zero-order valence-electron chi connectivity index (χ0n) is 20.2. The minimum absolute atomic E-state index is 0.0548. The number of carboxylic acid groups (broad SMARTS) is 1. The maximum Gasteiger partial charge on any atom is 0.326 e. The zero-order chi connectivity index (χ0) is 25.9. The Bertz CT molecular complexity index is 1320. The fraction of sp³-hybridized carbons (Fsp3) is 0.296.